The van der Waals surface area contributed by atoms with Gasteiger partial charge in [0.2, 0.25) is 0 Å². The molecule has 27 heavy (non-hydrogen) atoms. The predicted octanol–water partition coefficient (Wildman–Crippen LogP) is 6.33. The zero-order valence-corrected chi connectivity index (χ0v) is 16.1. The van der Waals surface area contributed by atoms with Crippen molar-refractivity contribution < 1.29 is 13.9 Å². The summed E-state index contributed by atoms with van der Waals surface area (Å²) >= 11 is 12.7. The van der Waals surface area contributed by atoms with Crippen LogP contribution in [0.4, 0.5) is 10.1 Å². The maximum absolute atomic E-state index is 13.2. The molecule has 0 saturated heterocycles. The van der Waals surface area contributed by atoms with Gasteiger partial charge in [-0.05, 0) is 59.7 Å². The molecule has 0 bridgehead atoms. The molecule has 0 heterocycles. The van der Waals surface area contributed by atoms with Gasteiger partial charge in [-0.2, -0.15) is 0 Å². The third-order valence-corrected chi connectivity index (χ3v) is 4.48. The lowest BCUT2D eigenvalue weighted by atomic mass is 10.2. The molecular weight excluding hydrogens is 388 g/mol. The first-order valence-electron chi connectivity index (χ1n) is 8.28. The molecule has 6 heteroatoms. The lowest BCUT2D eigenvalue weighted by Crippen LogP contribution is -2.01. The number of nitrogens with one attached hydrogen (secondary N) is 1. The van der Waals surface area contributed by atoms with E-state index >= 15 is 0 Å². The van der Waals surface area contributed by atoms with Gasteiger partial charge >= 0.3 is 0 Å². The maximum Gasteiger partial charge on any atom is 0.156 e. The zero-order chi connectivity index (χ0) is 19.2. The van der Waals surface area contributed by atoms with E-state index < -0.39 is 0 Å². The number of anilines is 1. The predicted molar refractivity (Wildman–Crippen MR) is 108 cm³/mol. The van der Waals surface area contributed by atoms with Crippen LogP contribution in [0.3, 0.4) is 0 Å². The van der Waals surface area contributed by atoms with Gasteiger partial charge in [0.15, 0.2) is 5.75 Å². The fraction of sp³-hybridized carbons (Fsp3) is 0.143. The Bertz CT molecular complexity index is 893. The standard InChI is InChI=1S/C21H18Cl2FNO2/c1-26-18-7-5-17(6-8-18)25-12-15-10-19(22)21(20(23)11-15)27-13-14-3-2-4-16(24)9-14/h2-11,25H,12-13H2,1H3. The molecule has 0 aromatic heterocycles. The van der Waals surface area contributed by atoms with Gasteiger partial charge in [-0.15, -0.1) is 0 Å². The van der Waals surface area contributed by atoms with Gasteiger partial charge in [0.05, 0.1) is 17.2 Å². The molecular formula is C21H18Cl2FNO2. The van der Waals surface area contributed by atoms with E-state index in [-0.39, 0.29) is 12.4 Å². The molecule has 0 aliphatic heterocycles. The van der Waals surface area contributed by atoms with Crippen LogP contribution >= 0.6 is 23.2 Å². The number of benzene rings is 3. The van der Waals surface area contributed by atoms with Gasteiger partial charge in [0.1, 0.15) is 18.2 Å². The Labute approximate surface area is 167 Å². The van der Waals surface area contributed by atoms with Crippen LogP contribution in [0.25, 0.3) is 0 Å². The fourth-order valence-electron chi connectivity index (χ4n) is 2.55. The van der Waals surface area contributed by atoms with Crippen molar-refractivity contribution in [2.75, 3.05) is 12.4 Å². The summed E-state index contributed by atoms with van der Waals surface area (Å²) in [4.78, 5) is 0. The van der Waals surface area contributed by atoms with Crippen LogP contribution in [0, 0.1) is 5.82 Å². The van der Waals surface area contributed by atoms with Gasteiger partial charge in [-0.25, -0.2) is 4.39 Å². The largest absolute Gasteiger partial charge is 0.497 e. The lowest BCUT2D eigenvalue weighted by Gasteiger charge is -2.13. The minimum absolute atomic E-state index is 0.181. The van der Waals surface area contributed by atoms with Crippen molar-refractivity contribution in [3.63, 3.8) is 0 Å². The third kappa shape index (κ3) is 5.28. The summed E-state index contributed by atoms with van der Waals surface area (Å²) in [5.74, 6) is 0.871. The molecule has 0 radical (unpaired) electrons. The number of halogens is 3. The smallest absolute Gasteiger partial charge is 0.156 e. The highest BCUT2D eigenvalue weighted by atomic mass is 35.5. The molecule has 3 rings (SSSR count). The van der Waals surface area contributed by atoms with Crippen molar-refractivity contribution in [3.05, 3.63) is 87.7 Å². The molecule has 1 N–H and O–H groups in total. The summed E-state index contributed by atoms with van der Waals surface area (Å²) in [5, 5.41) is 4.11. The number of ether oxygens (including phenoxy) is 2. The van der Waals surface area contributed by atoms with Gasteiger partial charge in [0, 0.05) is 12.2 Å². The maximum atomic E-state index is 13.2. The first-order valence-corrected chi connectivity index (χ1v) is 9.04. The Morgan fingerprint density at radius 2 is 1.63 bits per heavy atom. The SMILES string of the molecule is COc1ccc(NCc2cc(Cl)c(OCc3cccc(F)c3)c(Cl)c2)cc1. The highest BCUT2D eigenvalue weighted by molar-refractivity contribution is 6.37. The van der Waals surface area contributed by atoms with Crippen LogP contribution in [0.15, 0.2) is 60.7 Å². The van der Waals surface area contributed by atoms with Crippen LogP contribution in [0.5, 0.6) is 11.5 Å². The molecule has 140 valence electrons. The van der Waals surface area contributed by atoms with Crippen molar-refractivity contribution in [2.45, 2.75) is 13.2 Å². The van der Waals surface area contributed by atoms with Crippen LogP contribution in [-0.2, 0) is 13.2 Å². The minimum Gasteiger partial charge on any atom is -0.497 e. The summed E-state index contributed by atoms with van der Waals surface area (Å²) in [6, 6.07) is 17.4. The number of rotatable bonds is 7. The highest BCUT2D eigenvalue weighted by Crippen LogP contribution is 2.35. The Morgan fingerprint density at radius 3 is 2.26 bits per heavy atom. The average molecular weight is 406 g/mol. The molecule has 0 amide bonds. The van der Waals surface area contributed by atoms with E-state index in [1.165, 1.54) is 12.1 Å². The van der Waals surface area contributed by atoms with Gasteiger partial charge in [0.25, 0.3) is 0 Å². The summed E-state index contributed by atoms with van der Waals surface area (Å²) in [6.45, 7) is 0.733. The van der Waals surface area contributed by atoms with E-state index in [4.69, 9.17) is 32.7 Å². The zero-order valence-electron chi connectivity index (χ0n) is 14.6. The van der Waals surface area contributed by atoms with Crippen molar-refractivity contribution in [1.29, 1.82) is 0 Å². The number of hydrogen-bond donors (Lipinski definition) is 1. The monoisotopic (exact) mass is 405 g/mol. The van der Waals surface area contributed by atoms with E-state index in [1.54, 1.807) is 31.4 Å². The highest BCUT2D eigenvalue weighted by Gasteiger charge is 2.10. The van der Waals surface area contributed by atoms with Crippen molar-refractivity contribution in [1.82, 2.24) is 0 Å². The second kappa shape index (κ2) is 8.98. The summed E-state index contributed by atoms with van der Waals surface area (Å²) in [7, 11) is 1.63. The average Bonchev–Trinajstić information content (AvgIpc) is 2.66. The normalized spacial score (nSPS) is 10.5. The number of hydrogen-bond acceptors (Lipinski definition) is 3. The Balaban J connectivity index is 1.64. The van der Waals surface area contributed by atoms with Crippen LogP contribution in [0.1, 0.15) is 11.1 Å². The van der Waals surface area contributed by atoms with E-state index in [2.05, 4.69) is 5.32 Å². The summed E-state index contributed by atoms with van der Waals surface area (Å²) in [5.41, 5.74) is 2.57. The van der Waals surface area contributed by atoms with E-state index in [9.17, 15) is 4.39 Å². The van der Waals surface area contributed by atoms with Gasteiger partial charge in [-0.3, -0.25) is 0 Å². The van der Waals surface area contributed by atoms with Crippen LogP contribution in [-0.4, -0.2) is 7.11 Å². The van der Waals surface area contributed by atoms with E-state index in [0.717, 1.165) is 17.0 Å². The fourth-order valence-corrected chi connectivity index (χ4v) is 3.19. The second-order valence-corrected chi connectivity index (χ2v) is 6.70. The Morgan fingerprint density at radius 1 is 0.926 bits per heavy atom. The third-order valence-electron chi connectivity index (χ3n) is 3.92. The summed E-state index contributed by atoms with van der Waals surface area (Å²) < 4.78 is 24.1. The molecule has 3 aromatic carbocycles. The van der Waals surface area contributed by atoms with Crippen molar-refractivity contribution >= 4 is 28.9 Å². The van der Waals surface area contributed by atoms with Gasteiger partial charge < -0.3 is 14.8 Å². The van der Waals surface area contributed by atoms with Crippen molar-refractivity contribution in [2.24, 2.45) is 0 Å². The lowest BCUT2D eigenvalue weighted by molar-refractivity contribution is 0.306. The first kappa shape index (κ1) is 19.3. The number of methoxy groups -OCH3 is 1. The molecule has 0 saturated carbocycles. The van der Waals surface area contributed by atoms with Crippen LogP contribution < -0.4 is 14.8 Å². The van der Waals surface area contributed by atoms with Crippen LogP contribution in [0.2, 0.25) is 10.0 Å². The molecule has 0 aliphatic rings. The molecule has 0 spiro atoms. The Hall–Kier alpha value is -2.43. The second-order valence-electron chi connectivity index (χ2n) is 5.89. The topological polar surface area (TPSA) is 30.5 Å². The molecule has 0 unspecified atom stereocenters. The summed E-state index contributed by atoms with van der Waals surface area (Å²) in [6.07, 6.45) is 0. The molecule has 0 fully saturated rings. The van der Waals surface area contributed by atoms with E-state index in [1.807, 2.05) is 24.3 Å². The Kier molecular flexibility index (Phi) is 6.43. The molecule has 0 atom stereocenters. The molecule has 3 aromatic rings. The van der Waals surface area contributed by atoms with Gasteiger partial charge in [-0.1, -0.05) is 35.3 Å². The minimum atomic E-state index is -0.312. The molecule has 0 aliphatic carbocycles. The van der Waals surface area contributed by atoms with Crippen molar-refractivity contribution in [3.8, 4) is 11.5 Å². The quantitative estimate of drug-likeness (QED) is 0.497. The van der Waals surface area contributed by atoms with E-state index in [0.29, 0.717) is 27.9 Å². The molecule has 3 nitrogen and oxygen atoms in total. The first-order chi connectivity index (χ1) is 13.0.